The first-order valence-corrected chi connectivity index (χ1v) is 7.39. The highest BCUT2D eigenvalue weighted by Gasteiger charge is 2.23. The molecule has 1 N–H and O–H groups in total. The molecule has 0 radical (unpaired) electrons. The summed E-state index contributed by atoms with van der Waals surface area (Å²) < 4.78 is 0.951. The number of aromatic nitrogens is 2. The molecule has 0 aliphatic rings. The van der Waals surface area contributed by atoms with Crippen LogP contribution in [0.15, 0.2) is 45.0 Å². The van der Waals surface area contributed by atoms with E-state index in [2.05, 4.69) is 31.2 Å². The zero-order valence-corrected chi connectivity index (χ0v) is 12.9. The van der Waals surface area contributed by atoms with Crippen molar-refractivity contribution in [2.45, 2.75) is 16.8 Å². The molecule has 2 rings (SSSR count). The highest BCUT2D eigenvalue weighted by atomic mass is 79.9. The van der Waals surface area contributed by atoms with Gasteiger partial charge in [0.2, 0.25) is 5.82 Å². The molecule has 1 heterocycles. The normalized spacial score (nSPS) is 10.3. The van der Waals surface area contributed by atoms with E-state index in [4.69, 9.17) is 0 Å². The summed E-state index contributed by atoms with van der Waals surface area (Å²) in [5.74, 6) is 0.243. The number of nitrogens with one attached hydrogen (secondary N) is 1. The molecular formula is C12H11BrN4O2S. The number of rotatable bonds is 5. The van der Waals surface area contributed by atoms with Crippen molar-refractivity contribution in [2.75, 3.05) is 11.9 Å². The fourth-order valence-electron chi connectivity index (χ4n) is 1.51. The first-order chi connectivity index (χ1) is 9.61. The van der Waals surface area contributed by atoms with Gasteiger partial charge in [-0.25, -0.2) is 9.97 Å². The average molecular weight is 355 g/mol. The van der Waals surface area contributed by atoms with Gasteiger partial charge in [-0.3, -0.25) is 10.1 Å². The topological polar surface area (TPSA) is 81.0 Å². The summed E-state index contributed by atoms with van der Waals surface area (Å²) >= 11 is 4.59. The minimum absolute atomic E-state index is 0.0951. The van der Waals surface area contributed by atoms with Crippen molar-refractivity contribution in [1.82, 2.24) is 9.97 Å². The summed E-state index contributed by atoms with van der Waals surface area (Å²) in [5.41, 5.74) is -0.0951. The minimum Gasteiger partial charge on any atom is -0.364 e. The van der Waals surface area contributed by atoms with Crippen molar-refractivity contribution in [3.8, 4) is 0 Å². The third kappa shape index (κ3) is 3.45. The van der Waals surface area contributed by atoms with Crippen LogP contribution < -0.4 is 5.32 Å². The molecule has 0 aliphatic heterocycles. The van der Waals surface area contributed by atoms with Crippen molar-refractivity contribution in [2.24, 2.45) is 0 Å². The van der Waals surface area contributed by atoms with E-state index in [-0.39, 0.29) is 11.5 Å². The Morgan fingerprint density at radius 1 is 1.35 bits per heavy atom. The van der Waals surface area contributed by atoms with Crippen molar-refractivity contribution in [3.63, 3.8) is 0 Å². The van der Waals surface area contributed by atoms with Gasteiger partial charge in [0.05, 0.1) is 4.92 Å². The Balaban J connectivity index is 2.37. The van der Waals surface area contributed by atoms with Crippen LogP contribution in [0.1, 0.15) is 6.92 Å². The van der Waals surface area contributed by atoms with Crippen LogP contribution in [0.2, 0.25) is 0 Å². The molecule has 6 nitrogen and oxygen atoms in total. The predicted octanol–water partition coefficient (Wildman–Crippen LogP) is 3.73. The Labute approximate surface area is 128 Å². The molecule has 1 aromatic carbocycles. The van der Waals surface area contributed by atoms with Gasteiger partial charge in [0, 0.05) is 15.9 Å². The zero-order chi connectivity index (χ0) is 14.5. The molecule has 0 spiro atoms. The van der Waals surface area contributed by atoms with Crippen LogP contribution in [0, 0.1) is 10.1 Å². The lowest BCUT2D eigenvalue weighted by Crippen LogP contribution is -2.05. The van der Waals surface area contributed by atoms with Gasteiger partial charge in [-0.05, 0) is 31.2 Å². The van der Waals surface area contributed by atoms with E-state index in [9.17, 15) is 10.1 Å². The smallest absolute Gasteiger partial charge is 0.343 e. The fraction of sp³-hybridized carbons (Fsp3) is 0.167. The first kappa shape index (κ1) is 14.7. The number of halogens is 1. The zero-order valence-electron chi connectivity index (χ0n) is 10.5. The van der Waals surface area contributed by atoms with Crippen molar-refractivity contribution < 1.29 is 4.92 Å². The Morgan fingerprint density at radius 2 is 2.05 bits per heavy atom. The van der Waals surface area contributed by atoms with Crippen molar-refractivity contribution in [1.29, 1.82) is 0 Å². The minimum atomic E-state index is -0.459. The van der Waals surface area contributed by atoms with Crippen LogP contribution in [-0.2, 0) is 0 Å². The molecule has 0 bridgehead atoms. The van der Waals surface area contributed by atoms with E-state index in [0.29, 0.717) is 11.6 Å². The molecule has 0 amide bonds. The second-order valence-electron chi connectivity index (χ2n) is 3.72. The molecule has 0 aliphatic carbocycles. The quantitative estimate of drug-likeness (QED) is 0.500. The number of nitro groups is 1. The van der Waals surface area contributed by atoms with Gasteiger partial charge in [-0.15, -0.1) is 0 Å². The van der Waals surface area contributed by atoms with Crippen LogP contribution >= 0.6 is 27.7 Å². The summed E-state index contributed by atoms with van der Waals surface area (Å²) in [7, 11) is 0. The Hall–Kier alpha value is -1.67. The van der Waals surface area contributed by atoms with Crippen molar-refractivity contribution >= 4 is 39.2 Å². The van der Waals surface area contributed by atoms with Crippen molar-refractivity contribution in [3.05, 3.63) is 45.2 Å². The highest BCUT2D eigenvalue weighted by Crippen LogP contribution is 2.36. The van der Waals surface area contributed by atoms with E-state index in [1.165, 1.54) is 18.1 Å². The number of anilines is 1. The van der Waals surface area contributed by atoms with E-state index in [1.807, 2.05) is 31.2 Å². The molecular weight excluding hydrogens is 344 g/mol. The summed E-state index contributed by atoms with van der Waals surface area (Å²) in [5, 5.41) is 14.4. The molecule has 0 fully saturated rings. The average Bonchev–Trinajstić information content (AvgIpc) is 2.41. The van der Waals surface area contributed by atoms with Gasteiger partial charge >= 0.3 is 5.69 Å². The SMILES string of the molecule is CCNc1ncnc(Sc2ccc(Br)cc2)c1[N+](=O)[O-]. The maximum atomic E-state index is 11.2. The summed E-state index contributed by atoms with van der Waals surface area (Å²) in [4.78, 5) is 19.6. The summed E-state index contributed by atoms with van der Waals surface area (Å²) in [6.07, 6.45) is 1.33. The molecule has 20 heavy (non-hydrogen) atoms. The third-order valence-electron chi connectivity index (χ3n) is 2.34. The lowest BCUT2D eigenvalue weighted by molar-refractivity contribution is -0.387. The molecule has 0 atom stereocenters. The van der Waals surface area contributed by atoms with E-state index >= 15 is 0 Å². The van der Waals surface area contributed by atoms with Gasteiger partial charge in [0.1, 0.15) is 6.33 Å². The summed E-state index contributed by atoms with van der Waals surface area (Å²) in [6, 6.07) is 7.49. The van der Waals surface area contributed by atoms with Crippen LogP contribution in [0.3, 0.4) is 0 Å². The molecule has 1 aromatic heterocycles. The highest BCUT2D eigenvalue weighted by molar-refractivity contribution is 9.10. The Morgan fingerprint density at radius 3 is 2.65 bits per heavy atom. The standard InChI is InChI=1S/C12H11BrN4O2S/c1-2-14-11-10(17(18)19)12(16-7-15-11)20-9-5-3-8(13)4-6-9/h3-7H,2H2,1H3,(H,14,15,16). The maximum absolute atomic E-state index is 11.2. The Bertz CT molecular complexity index is 621. The number of benzene rings is 1. The molecule has 0 unspecified atom stereocenters. The van der Waals surface area contributed by atoms with Crippen LogP contribution in [0.25, 0.3) is 0 Å². The monoisotopic (exact) mass is 354 g/mol. The molecule has 8 heteroatoms. The molecule has 0 saturated carbocycles. The lowest BCUT2D eigenvalue weighted by atomic mass is 10.4. The Kier molecular flexibility index (Phi) is 4.91. The van der Waals surface area contributed by atoms with E-state index in [0.717, 1.165) is 9.37 Å². The van der Waals surface area contributed by atoms with E-state index < -0.39 is 4.92 Å². The van der Waals surface area contributed by atoms with Crippen LogP contribution in [-0.4, -0.2) is 21.4 Å². The van der Waals surface area contributed by atoms with Gasteiger partial charge in [-0.1, -0.05) is 27.7 Å². The van der Waals surface area contributed by atoms with Crippen LogP contribution in [0.5, 0.6) is 0 Å². The largest absolute Gasteiger partial charge is 0.364 e. The number of hydrogen-bond donors (Lipinski definition) is 1. The molecule has 0 saturated heterocycles. The fourth-order valence-corrected chi connectivity index (χ4v) is 2.64. The number of nitrogens with zero attached hydrogens (tertiary/aromatic N) is 3. The first-order valence-electron chi connectivity index (χ1n) is 5.78. The second-order valence-corrected chi connectivity index (χ2v) is 5.70. The van der Waals surface area contributed by atoms with Gasteiger partial charge < -0.3 is 5.32 Å². The van der Waals surface area contributed by atoms with Gasteiger partial charge in [0.15, 0.2) is 5.03 Å². The predicted molar refractivity (Wildman–Crippen MR) is 81.1 cm³/mol. The number of hydrogen-bond acceptors (Lipinski definition) is 6. The molecule has 2 aromatic rings. The van der Waals surface area contributed by atoms with E-state index in [1.54, 1.807) is 0 Å². The van der Waals surface area contributed by atoms with Crippen LogP contribution in [0.4, 0.5) is 11.5 Å². The summed E-state index contributed by atoms with van der Waals surface area (Å²) in [6.45, 7) is 2.41. The second kappa shape index (κ2) is 6.67. The third-order valence-corrected chi connectivity index (χ3v) is 3.87. The molecule has 104 valence electrons. The van der Waals surface area contributed by atoms with Gasteiger partial charge in [-0.2, -0.15) is 0 Å². The maximum Gasteiger partial charge on any atom is 0.343 e. The lowest BCUT2D eigenvalue weighted by Gasteiger charge is -2.06. The van der Waals surface area contributed by atoms with Gasteiger partial charge in [0.25, 0.3) is 0 Å².